The normalized spacial score (nSPS) is 11.2. The first-order chi connectivity index (χ1) is 9.49. The van der Waals surface area contributed by atoms with Crippen LogP contribution in [-0.4, -0.2) is 20.0 Å². The van der Waals surface area contributed by atoms with Crippen molar-refractivity contribution < 1.29 is 13.2 Å². The van der Waals surface area contributed by atoms with Crippen LogP contribution in [0.25, 0.3) is 0 Å². The van der Waals surface area contributed by atoms with E-state index in [-0.39, 0.29) is 22.9 Å². The molecule has 0 saturated carbocycles. The van der Waals surface area contributed by atoms with Gasteiger partial charge in [-0.3, -0.25) is 4.79 Å². The first-order valence-corrected chi connectivity index (χ1v) is 8.50. The van der Waals surface area contributed by atoms with Crippen LogP contribution in [0.4, 0.5) is 0 Å². The molecule has 0 aromatic heterocycles. The van der Waals surface area contributed by atoms with E-state index in [1.165, 1.54) is 0 Å². The molecule has 2 aromatic carbocycles. The maximum atomic E-state index is 12.1. The molecule has 0 aliphatic rings. The minimum atomic E-state index is -3.40. The fourth-order valence-electron chi connectivity index (χ4n) is 1.75. The Hall–Kier alpha value is -1.46. The number of benzene rings is 2. The Bertz CT molecular complexity index is 692. The largest absolute Gasteiger partial charge is 0.294 e. The van der Waals surface area contributed by atoms with Crippen molar-refractivity contribution in [3.8, 4) is 0 Å². The minimum Gasteiger partial charge on any atom is -0.294 e. The molecule has 3 nitrogen and oxygen atoms in total. The third-order valence-corrected chi connectivity index (χ3v) is 5.13. The monoisotopic (exact) mass is 352 g/mol. The van der Waals surface area contributed by atoms with E-state index >= 15 is 0 Å². The van der Waals surface area contributed by atoms with Crippen LogP contribution in [0.5, 0.6) is 0 Å². The van der Waals surface area contributed by atoms with Crippen LogP contribution in [0.2, 0.25) is 0 Å². The highest BCUT2D eigenvalue weighted by Crippen LogP contribution is 2.15. The predicted octanol–water partition coefficient (Wildman–Crippen LogP) is 3.50. The standard InChI is InChI=1S/C15H13BrO3S/c16-13-8-6-12(7-9-13)15(17)10-11-20(18,19)14-4-2-1-3-5-14/h1-9H,10-11H2. The number of sulfone groups is 1. The second-order valence-electron chi connectivity index (χ2n) is 4.31. The molecule has 0 fully saturated rings. The van der Waals surface area contributed by atoms with Gasteiger partial charge in [0.15, 0.2) is 15.6 Å². The van der Waals surface area contributed by atoms with E-state index in [0.29, 0.717) is 5.56 Å². The van der Waals surface area contributed by atoms with Gasteiger partial charge in [-0.15, -0.1) is 0 Å². The second-order valence-corrected chi connectivity index (χ2v) is 7.34. The number of ketones is 1. The molecule has 0 saturated heterocycles. The lowest BCUT2D eigenvalue weighted by atomic mass is 10.1. The molecule has 5 heteroatoms. The molecule has 0 atom stereocenters. The second kappa shape index (κ2) is 6.33. The van der Waals surface area contributed by atoms with Gasteiger partial charge in [0.25, 0.3) is 0 Å². The van der Waals surface area contributed by atoms with Crippen molar-refractivity contribution in [3.63, 3.8) is 0 Å². The zero-order valence-corrected chi connectivity index (χ0v) is 13.0. The Morgan fingerprint density at radius 3 is 2.15 bits per heavy atom. The molecular formula is C15H13BrO3S. The van der Waals surface area contributed by atoms with Crippen molar-refractivity contribution in [3.05, 3.63) is 64.6 Å². The molecule has 0 heterocycles. The van der Waals surface area contributed by atoms with Crippen LogP contribution in [0.3, 0.4) is 0 Å². The SMILES string of the molecule is O=C(CCS(=O)(=O)c1ccccc1)c1ccc(Br)cc1. The molecule has 0 amide bonds. The zero-order chi connectivity index (χ0) is 14.6. The third kappa shape index (κ3) is 3.77. The number of carbonyl (C=O) groups is 1. The lowest BCUT2D eigenvalue weighted by Crippen LogP contribution is -2.11. The van der Waals surface area contributed by atoms with Gasteiger partial charge < -0.3 is 0 Å². The lowest BCUT2D eigenvalue weighted by Gasteiger charge is -2.04. The summed E-state index contributed by atoms with van der Waals surface area (Å²) in [5.41, 5.74) is 0.525. The summed E-state index contributed by atoms with van der Waals surface area (Å²) < 4.78 is 25.0. The van der Waals surface area contributed by atoms with Gasteiger partial charge in [0.1, 0.15) is 0 Å². The van der Waals surface area contributed by atoms with E-state index in [4.69, 9.17) is 0 Å². The average molecular weight is 353 g/mol. The van der Waals surface area contributed by atoms with E-state index in [0.717, 1.165) is 4.47 Å². The Labute approximate surface area is 126 Å². The minimum absolute atomic E-state index is 0.0150. The number of Topliss-reactive ketones (excluding diaryl/α,β-unsaturated/α-hetero) is 1. The van der Waals surface area contributed by atoms with E-state index in [1.54, 1.807) is 54.6 Å². The molecule has 0 radical (unpaired) electrons. The molecule has 0 unspecified atom stereocenters. The van der Waals surface area contributed by atoms with Gasteiger partial charge in [0, 0.05) is 16.5 Å². The first-order valence-electron chi connectivity index (χ1n) is 6.05. The van der Waals surface area contributed by atoms with Crippen LogP contribution >= 0.6 is 15.9 Å². The highest BCUT2D eigenvalue weighted by atomic mass is 79.9. The Morgan fingerprint density at radius 2 is 1.55 bits per heavy atom. The van der Waals surface area contributed by atoms with Gasteiger partial charge in [-0.05, 0) is 24.3 Å². The Kier molecular flexibility index (Phi) is 4.73. The fraction of sp³-hybridized carbons (Fsp3) is 0.133. The summed E-state index contributed by atoms with van der Waals surface area (Å²) in [7, 11) is -3.40. The number of hydrogen-bond acceptors (Lipinski definition) is 3. The number of rotatable bonds is 5. The molecule has 0 N–H and O–H groups in total. The number of halogens is 1. The smallest absolute Gasteiger partial charge is 0.178 e. The van der Waals surface area contributed by atoms with Crippen molar-refractivity contribution in [2.45, 2.75) is 11.3 Å². The first kappa shape index (κ1) is 14.9. The number of hydrogen-bond donors (Lipinski definition) is 0. The van der Waals surface area contributed by atoms with Crippen LogP contribution in [0.15, 0.2) is 64.0 Å². The van der Waals surface area contributed by atoms with E-state index in [1.807, 2.05) is 0 Å². The zero-order valence-electron chi connectivity index (χ0n) is 10.6. The summed E-state index contributed by atoms with van der Waals surface area (Å²) in [6.07, 6.45) is -0.0150. The topological polar surface area (TPSA) is 51.2 Å². The van der Waals surface area contributed by atoms with Gasteiger partial charge in [-0.1, -0.05) is 46.3 Å². The summed E-state index contributed by atoms with van der Waals surface area (Å²) in [5, 5.41) is 0. The van der Waals surface area contributed by atoms with E-state index in [2.05, 4.69) is 15.9 Å². The molecule has 20 heavy (non-hydrogen) atoms. The quantitative estimate of drug-likeness (QED) is 0.773. The van der Waals surface area contributed by atoms with Gasteiger partial charge >= 0.3 is 0 Å². The molecule has 0 spiro atoms. The van der Waals surface area contributed by atoms with Gasteiger partial charge in [-0.25, -0.2) is 8.42 Å². The molecular weight excluding hydrogens is 340 g/mol. The maximum absolute atomic E-state index is 12.1. The predicted molar refractivity (Wildman–Crippen MR) is 81.6 cm³/mol. The number of carbonyl (C=O) groups excluding carboxylic acids is 1. The van der Waals surface area contributed by atoms with Crippen LogP contribution in [0.1, 0.15) is 16.8 Å². The van der Waals surface area contributed by atoms with Gasteiger partial charge in [0.2, 0.25) is 0 Å². The van der Waals surface area contributed by atoms with E-state index in [9.17, 15) is 13.2 Å². The molecule has 0 bridgehead atoms. The molecule has 2 rings (SSSR count). The lowest BCUT2D eigenvalue weighted by molar-refractivity contribution is 0.0989. The van der Waals surface area contributed by atoms with Crippen molar-refractivity contribution in [1.82, 2.24) is 0 Å². The maximum Gasteiger partial charge on any atom is 0.178 e. The summed E-state index contributed by atoms with van der Waals surface area (Å²) in [6.45, 7) is 0. The summed E-state index contributed by atoms with van der Waals surface area (Å²) >= 11 is 3.29. The Morgan fingerprint density at radius 1 is 0.950 bits per heavy atom. The van der Waals surface area contributed by atoms with Crippen LogP contribution < -0.4 is 0 Å². The van der Waals surface area contributed by atoms with Crippen molar-refractivity contribution in [1.29, 1.82) is 0 Å². The van der Waals surface area contributed by atoms with Crippen molar-refractivity contribution in [2.24, 2.45) is 0 Å². The highest BCUT2D eigenvalue weighted by molar-refractivity contribution is 9.10. The van der Waals surface area contributed by atoms with Crippen LogP contribution in [0, 0.1) is 0 Å². The molecule has 0 aliphatic carbocycles. The third-order valence-electron chi connectivity index (χ3n) is 2.87. The highest BCUT2D eigenvalue weighted by Gasteiger charge is 2.16. The summed E-state index contributed by atoms with van der Waals surface area (Å²) in [5.74, 6) is -0.344. The molecule has 0 aliphatic heterocycles. The Balaban J connectivity index is 2.05. The fourth-order valence-corrected chi connectivity index (χ4v) is 3.28. The van der Waals surface area contributed by atoms with Gasteiger partial charge in [-0.2, -0.15) is 0 Å². The average Bonchev–Trinajstić information content (AvgIpc) is 2.46. The molecule has 2 aromatic rings. The van der Waals surface area contributed by atoms with Crippen LogP contribution in [-0.2, 0) is 9.84 Å². The van der Waals surface area contributed by atoms with Gasteiger partial charge in [0.05, 0.1) is 10.6 Å². The van der Waals surface area contributed by atoms with E-state index < -0.39 is 9.84 Å². The summed E-state index contributed by atoms with van der Waals surface area (Å²) in [4.78, 5) is 12.2. The van der Waals surface area contributed by atoms with Crippen molar-refractivity contribution >= 4 is 31.6 Å². The summed E-state index contributed by atoms with van der Waals surface area (Å²) in [6, 6.07) is 15.1. The van der Waals surface area contributed by atoms with Crippen molar-refractivity contribution in [2.75, 3.05) is 5.75 Å². The molecule has 104 valence electrons.